The summed E-state index contributed by atoms with van der Waals surface area (Å²) in [7, 11) is 0. The third kappa shape index (κ3) is 39.7. The lowest BCUT2D eigenvalue weighted by Crippen LogP contribution is -2.21. The summed E-state index contributed by atoms with van der Waals surface area (Å²) in [5.74, 6) is -1.04. The lowest BCUT2D eigenvalue weighted by atomic mass is 10.5. The second-order valence-electron chi connectivity index (χ2n) is 3.06. The van der Waals surface area contributed by atoms with Crippen LogP contribution in [0.3, 0.4) is 0 Å². The zero-order valence-corrected chi connectivity index (χ0v) is 11.9. The fourth-order valence-electron chi connectivity index (χ4n) is 0.874. The summed E-state index contributed by atoms with van der Waals surface area (Å²) >= 11 is 0. The first-order valence-electron chi connectivity index (χ1n) is 5.90. The summed E-state index contributed by atoms with van der Waals surface area (Å²) in [6.07, 6.45) is 0. The van der Waals surface area contributed by atoms with Crippen molar-refractivity contribution in [3.05, 3.63) is 0 Å². The van der Waals surface area contributed by atoms with Gasteiger partial charge in [-0.25, -0.2) is 0 Å². The molecule has 0 saturated carbocycles. The van der Waals surface area contributed by atoms with Crippen molar-refractivity contribution >= 4 is 11.9 Å². The number of carbonyl (C=O) groups excluding carboxylic acids is 1. The molecule has 17 heavy (non-hydrogen) atoms. The van der Waals surface area contributed by atoms with Gasteiger partial charge in [0.15, 0.2) is 0 Å². The van der Waals surface area contributed by atoms with E-state index in [9.17, 15) is 4.79 Å². The molecule has 0 heterocycles. The highest BCUT2D eigenvalue weighted by atomic mass is 16.5. The maximum absolute atomic E-state index is 9.82. The molecule has 0 saturated heterocycles. The van der Waals surface area contributed by atoms with Crippen molar-refractivity contribution in [1.82, 2.24) is 4.90 Å². The van der Waals surface area contributed by atoms with Crippen LogP contribution >= 0.6 is 0 Å². The predicted molar refractivity (Wildman–Crippen MR) is 69.1 cm³/mol. The lowest BCUT2D eigenvalue weighted by molar-refractivity contribution is -0.140. The van der Waals surface area contributed by atoms with Crippen LogP contribution in [0.4, 0.5) is 0 Å². The Bertz CT molecular complexity index is 170. The number of nitrogens with zero attached hydrogens (tertiary/aromatic N) is 1. The van der Waals surface area contributed by atoms with E-state index in [0.29, 0.717) is 6.61 Å². The SMILES string of the molecule is CC(=O)O.CCN(CC)CC.CCOC(C)=O. The Kier molecular flexibility index (Phi) is 21.6. The molecule has 5 nitrogen and oxygen atoms in total. The molecule has 0 aromatic carbocycles. The second kappa shape index (κ2) is 17.3. The normalized spacial score (nSPS) is 8.41. The van der Waals surface area contributed by atoms with Gasteiger partial charge in [-0.2, -0.15) is 0 Å². The third-order valence-electron chi connectivity index (χ3n) is 1.69. The molecule has 0 bridgehead atoms. The first-order chi connectivity index (χ1) is 7.85. The molecule has 1 N–H and O–H groups in total. The van der Waals surface area contributed by atoms with E-state index >= 15 is 0 Å². The quantitative estimate of drug-likeness (QED) is 0.772. The van der Waals surface area contributed by atoms with E-state index in [4.69, 9.17) is 9.90 Å². The van der Waals surface area contributed by atoms with Gasteiger partial charge in [0.05, 0.1) is 6.61 Å². The van der Waals surface area contributed by atoms with Crippen LogP contribution in [0.15, 0.2) is 0 Å². The van der Waals surface area contributed by atoms with Crippen LogP contribution in [0.2, 0.25) is 0 Å². The molecule has 104 valence electrons. The summed E-state index contributed by atoms with van der Waals surface area (Å²) in [6, 6.07) is 0. The van der Waals surface area contributed by atoms with Gasteiger partial charge < -0.3 is 14.7 Å². The molecular weight excluding hydrogens is 222 g/mol. The highest BCUT2D eigenvalue weighted by molar-refractivity contribution is 5.65. The molecule has 0 aliphatic carbocycles. The number of hydrogen-bond acceptors (Lipinski definition) is 4. The molecule has 0 aromatic heterocycles. The van der Waals surface area contributed by atoms with Crippen LogP contribution in [0.25, 0.3) is 0 Å². The van der Waals surface area contributed by atoms with Gasteiger partial charge in [0.25, 0.3) is 5.97 Å². The minimum absolute atomic E-state index is 0.211. The first-order valence-corrected chi connectivity index (χ1v) is 5.90. The second-order valence-corrected chi connectivity index (χ2v) is 3.06. The van der Waals surface area contributed by atoms with E-state index in [1.165, 1.54) is 26.6 Å². The van der Waals surface area contributed by atoms with Gasteiger partial charge in [-0.15, -0.1) is 0 Å². The minimum Gasteiger partial charge on any atom is -0.481 e. The van der Waals surface area contributed by atoms with Crippen molar-refractivity contribution in [2.75, 3.05) is 26.2 Å². The fraction of sp³-hybridized carbons (Fsp3) is 0.833. The van der Waals surface area contributed by atoms with E-state index in [2.05, 4.69) is 30.4 Å². The van der Waals surface area contributed by atoms with Gasteiger partial charge in [-0.1, -0.05) is 20.8 Å². The molecule has 0 unspecified atom stereocenters. The summed E-state index contributed by atoms with van der Waals surface area (Å²) in [5.41, 5.74) is 0. The number of carbonyl (C=O) groups is 2. The van der Waals surface area contributed by atoms with Gasteiger partial charge in [-0.05, 0) is 26.6 Å². The average molecular weight is 249 g/mol. The molecule has 0 radical (unpaired) electrons. The zero-order valence-electron chi connectivity index (χ0n) is 11.9. The van der Waals surface area contributed by atoms with E-state index in [0.717, 1.165) is 6.92 Å². The molecular formula is C12H27NO4. The topological polar surface area (TPSA) is 66.8 Å². The highest BCUT2D eigenvalue weighted by Crippen LogP contribution is 1.81. The van der Waals surface area contributed by atoms with E-state index in [-0.39, 0.29) is 5.97 Å². The molecule has 0 spiro atoms. The zero-order chi connectivity index (χ0) is 14.3. The minimum atomic E-state index is -0.833. The number of rotatable bonds is 4. The lowest BCUT2D eigenvalue weighted by Gasteiger charge is -2.13. The molecule has 0 aromatic rings. The monoisotopic (exact) mass is 249 g/mol. The van der Waals surface area contributed by atoms with Crippen molar-refractivity contribution in [2.24, 2.45) is 0 Å². The van der Waals surface area contributed by atoms with Gasteiger partial charge in [0.2, 0.25) is 0 Å². The van der Waals surface area contributed by atoms with Crippen LogP contribution in [0.1, 0.15) is 41.5 Å². The Balaban J connectivity index is -0.000000180. The Morgan fingerprint density at radius 3 is 1.29 bits per heavy atom. The van der Waals surface area contributed by atoms with Crippen molar-refractivity contribution in [3.8, 4) is 0 Å². The maximum Gasteiger partial charge on any atom is 0.302 e. The van der Waals surface area contributed by atoms with Crippen LogP contribution in [-0.4, -0.2) is 48.2 Å². The third-order valence-corrected chi connectivity index (χ3v) is 1.69. The van der Waals surface area contributed by atoms with E-state index < -0.39 is 5.97 Å². The molecule has 0 aliphatic rings. The molecule has 0 rings (SSSR count). The van der Waals surface area contributed by atoms with Gasteiger partial charge >= 0.3 is 5.97 Å². The van der Waals surface area contributed by atoms with E-state index in [1.54, 1.807) is 6.92 Å². The Labute approximate surface area is 105 Å². The summed E-state index contributed by atoms with van der Waals surface area (Å²) < 4.78 is 4.40. The van der Waals surface area contributed by atoms with Crippen LogP contribution in [0, 0.1) is 0 Å². The standard InChI is InChI=1S/C6H15N.C4H8O2.C2H4O2/c1-4-7(5-2)6-3;1-3-6-4(2)5;1-2(3)4/h4-6H2,1-3H3;3H2,1-2H3;1H3,(H,3,4). The number of hydrogen-bond donors (Lipinski definition) is 1. The highest BCUT2D eigenvalue weighted by Gasteiger charge is 1.89. The summed E-state index contributed by atoms with van der Waals surface area (Å²) in [5, 5.41) is 7.42. The van der Waals surface area contributed by atoms with Crippen molar-refractivity contribution in [3.63, 3.8) is 0 Å². The molecule has 0 fully saturated rings. The average Bonchev–Trinajstić information content (AvgIpc) is 2.20. The summed E-state index contributed by atoms with van der Waals surface area (Å²) in [6.45, 7) is 14.9. The smallest absolute Gasteiger partial charge is 0.302 e. The van der Waals surface area contributed by atoms with Gasteiger partial charge in [0.1, 0.15) is 0 Å². The number of aliphatic carboxylic acids is 1. The first kappa shape index (κ1) is 21.2. The number of ether oxygens (including phenoxy) is 1. The largest absolute Gasteiger partial charge is 0.481 e. The van der Waals surface area contributed by atoms with Gasteiger partial charge in [-0.3, -0.25) is 9.59 Å². The van der Waals surface area contributed by atoms with Crippen molar-refractivity contribution in [1.29, 1.82) is 0 Å². The molecule has 5 heteroatoms. The number of esters is 1. The van der Waals surface area contributed by atoms with Crippen LogP contribution in [-0.2, 0) is 14.3 Å². The number of carboxylic acids is 1. The molecule has 0 amide bonds. The van der Waals surface area contributed by atoms with Crippen LogP contribution in [0.5, 0.6) is 0 Å². The van der Waals surface area contributed by atoms with Crippen molar-refractivity contribution < 1.29 is 19.4 Å². The number of carboxylic acid groups (broad SMARTS) is 1. The summed E-state index contributed by atoms with van der Waals surface area (Å²) in [4.78, 5) is 21.2. The Hall–Kier alpha value is -1.10. The fourth-order valence-corrected chi connectivity index (χ4v) is 0.874. The molecule has 0 atom stereocenters. The maximum atomic E-state index is 9.82. The predicted octanol–water partition coefficient (Wildman–Crippen LogP) is 2.01. The van der Waals surface area contributed by atoms with Crippen LogP contribution < -0.4 is 0 Å². The Morgan fingerprint density at radius 2 is 1.29 bits per heavy atom. The van der Waals surface area contributed by atoms with Gasteiger partial charge in [0, 0.05) is 13.8 Å². The molecule has 0 aliphatic heterocycles. The van der Waals surface area contributed by atoms with Crippen molar-refractivity contribution in [2.45, 2.75) is 41.5 Å². The van der Waals surface area contributed by atoms with E-state index in [1.807, 2.05) is 0 Å². The Morgan fingerprint density at radius 1 is 1.00 bits per heavy atom.